The van der Waals surface area contributed by atoms with Crippen molar-refractivity contribution in [3.05, 3.63) is 48.0 Å². The second-order valence-corrected chi connectivity index (χ2v) is 4.63. The number of nitriles is 1. The highest BCUT2D eigenvalue weighted by Crippen LogP contribution is 2.27. The smallest absolute Gasteiger partial charge is 0.231 e. The van der Waals surface area contributed by atoms with E-state index in [1.54, 1.807) is 6.20 Å². The summed E-state index contributed by atoms with van der Waals surface area (Å²) in [4.78, 5) is 8.63. The number of imidazole rings is 1. The van der Waals surface area contributed by atoms with Crippen LogP contribution in [-0.4, -0.2) is 21.0 Å². The molecular weight excluding hydrogens is 264 g/mol. The molecule has 104 valence electrons. The first-order valence-electron chi connectivity index (χ1n) is 6.70. The lowest BCUT2D eigenvalue weighted by Crippen LogP contribution is -2.00. The van der Waals surface area contributed by atoms with Crippen LogP contribution in [0.25, 0.3) is 16.8 Å². The van der Waals surface area contributed by atoms with E-state index in [4.69, 9.17) is 4.74 Å². The number of hydrogen-bond donors (Lipinski definition) is 0. The number of rotatable bonds is 3. The van der Waals surface area contributed by atoms with E-state index in [1.165, 1.54) is 0 Å². The molecule has 3 aromatic rings. The molecule has 5 nitrogen and oxygen atoms in total. The van der Waals surface area contributed by atoms with Crippen LogP contribution in [0.4, 0.5) is 0 Å². The van der Waals surface area contributed by atoms with Gasteiger partial charge in [-0.3, -0.25) is 0 Å². The molecule has 0 saturated heterocycles. The monoisotopic (exact) mass is 278 g/mol. The van der Waals surface area contributed by atoms with Crippen molar-refractivity contribution < 1.29 is 4.74 Å². The maximum atomic E-state index is 9.26. The zero-order valence-corrected chi connectivity index (χ0v) is 11.9. The Morgan fingerprint density at radius 3 is 3.00 bits per heavy atom. The summed E-state index contributed by atoms with van der Waals surface area (Å²) in [7, 11) is 0. The highest BCUT2D eigenvalue weighted by atomic mass is 16.5. The SMILES string of the molecule is CCOc1nc(C)c(-c2ccc3nccn3c2)cc1C#N. The van der Waals surface area contributed by atoms with Crippen molar-refractivity contribution in [3.63, 3.8) is 0 Å². The van der Waals surface area contributed by atoms with Crippen molar-refractivity contribution >= 4 is 5.65 Å². The first-order valence-corrected chi connectivity index (χ1v) is 6.70. The molecule has 3 heterocycles. The van der Waals surface area contributed by atoms with Gasteiger partial charge in [-0.05, 0) is 32.0 Å². The number of fused-ring (bicyclic) bond motifs is 1. The molecule has 0 amide bonds. The average molecular weight is 278 g/mol. The molecule has 0 atom stereocenters. The Balaban J connectivity index is 2.15. The molecule has 0 aliphatic rings. The van der Waals surface area contributed by atoms with Gasteiger partial charge in [0.25, 0.3) is 0 Å². The largest absolute Gasteiger partial charge is 0.477 e. The Bertz CT molecular complexity index is 845. The van der Waals surface area contributed by atoms with Gasteiger partial charge in [-0.1, -0.05) is 0 Å². The van der Waals surface area contributed by atoms with Crippen LogP contribution in [0.1, 0.15) is 18.2 Å². The molecule has 0 aliphatic carbocycles. The van der Waals surface area contributed by atoms with Crippen LogP contribution in [0.5, 0.6) is 5.88 Å². The van der Waals surface area contributed by atoms with Gasteiger partial charge >= 0.3 is 0 Å². The predicted molar refractivity (Wildman–Crippen MR) is 79.0 cm³/mol. The highest BCUT2D eigenvalue weighted by molar-refractivity contribution is 5.69. The lowest BCUT2D eigenvalue weighted by atomic mass is 10.0. The fraction of sp³-hybridized carbons (Fsp3) is 0.188. The van der Waals surface area contributed by atoms with Gasteiger partial charge in [0, 0.05) is 35.4 Å². The van der Waals surface area contributed by atoms with Crippen molar-refractivity contribution in [2.24, 2.45) is 0 Å². The normalized spacial score (nSPS) is 10.5. The quantitative estimate of drug-likeness (QED) is 0.739. The lowest BCUT2D eigenvalue weighted by Gasteiger charge is -2.10. The Morgan fingerprint density at radius 1 is 1.38 bits per heavy atom. The van der Waals surface area contributed by atoms with Gasteiger partial charge in [-0.25, -0.2) is 9.97 Å². The Kier molecular flexibility index (Phi) is 3.28. The summed E-state index contributed by atoms with van der Waals surface area (Å²) in [5, 5.41) is 9.26. The number of aromatic nitrogens is 3. The third kappa shape index (κ3) is 2.32. The molecular formula is C16H14N4O. The number of ether oxygens (including phenoxy) is 1. The Labute approximate surface area is 122 Å². The van der Waals surface area contributed by atoms with Crippen LogP contribution in [-0.2, 0) is 0 Å². The fourth-order valence-electron chi connectivity index (χ4n) is 2.28. The van der Waals surface area contributed by atoms with E-state index in [-0.39, 0.29) is 0 Å². The molecule has 0 N–H and O–H groups in total. The van der Waals surface area contributed by atoms with Gasteiger partial charge in [-0.15, -0.1) is 0 Å². The van der Waals surface area contributed by atoms with E-state index in [0.717, 1.165) is 22.5 Å². The van der Waals surface area contributed by atoms with E-state index in [1.807, 2.05) is 48.8 Å². The van der Waals surface area contributed by atoms with Crippen LogP contribution in [0.15, 0.2) is 36.8 Å². The van der Waals surface area contributed by atoms with E-state index < -0.39 is 0 Å². The maximum Gasteiger partial charge on any atom is 0.231 e. The molecule has 0 radical (unpaired) electrons. The minimum Gasteiger partial charge on any atom is -0.477 e. The molecule has 3 aromatic heterocycles. The fourth-order valence-corrected chi connectivity index (χ4v) is 2.28. The Morgan fingerprint density at radius 2 is 2.24 bits per heavy atom. The molecule has 0 unspecified atom stereocenters. The molecule has 3 rings (SSSR count). The molecule has 21 heavy (non-hydrogen) atoms. The van der Waals surface area contributed by atoms with Crippen molar-refractivity contribution in [2.75, 3.05) is 6.61 Å². The van der Waals surface area contributed by atoms with Gasteiger partial charge in [0.05, 0.1) is 6.61 Å². The van der Waals surface area contributed by atoms with Gasteiger partial charge in [0.1, 0.15) is 17.3 Å². The second kappa shape index (κ2) is 5.25. The van der Waals surface area contributed by atoms with Crippen LogP contribution < -0.4 is 4.74 Å². The zero-order chi connectivity index (χ0) is 14.8. The number of aryl methyl sites for hydroxylation is 1. The summed E-state index contributed by atoms with van der Waals surface area (Å²) in [6, 6.07) is 7.89. The maximum absolute atomic E-state index is 9.26. The van der Waals surface area contributed by atoms with Crippen molar-refractivity contribution in [1.29, 1.82) is 5.26 Å². The first-order chi connectivity index (χ1) is 10.2. The summed E-state index contributed by atoms with van der Waals surface area (Å²) in [6.45, 7) is 4.28. The molecule has 0 fully saturated rings. The Hall–Kier alpha value is -2.87. The van der Waals surface area contributed by atoms with Crippen LogP contribution >= 0.6 is 0 Å². The average Bonchev–Trinajstić information content (AvgIpc) is 2.95. The summed E-state index contributed by atoms with van der Waals surface area (Å²) < 4.78 is 7.35. The number of pyridine rings is 2. The topological polar surface area (TPSA) is 63.2 Å². The van der Waals surface area contributed by atoms with Gasteiger partial charge in [0.15, 0.2) is 0 Å². The first kappa shape index (κ1) is 13.1. The minimum atomic E-state index is 0.393. The van der Waals surface area contributed by atoms with Crippen molar-refractivity contribution in [2.45, 2.75) is 13.8 Å². The summed E-state index contributed by atoms with van der Waals surface area (Å²) in [6.07, 6.45) is 5.62. The minimum absolute atomic E-state index is 0.393. The van der Waals surface area contributed by atoms with E-state index in [9.17, 15) is 5.26 Å². The lowest BCUT2D eigenvalue weighted by molar-refractivity contribution is 0.325. The van der Waals surface area contributed by atoms with E-state index in [0.29, 0.717) is 18.1 Å². The van der Waals surface area contributed by atoms with E-state index >= 15 is 0 Å². The molecule has 5 heteroatoms. The molecule has 0 saturated carbocycles. The van der Waals surface area contributed by atoms with Gasteiger partial charge < -0.3 is 9.14 Å². The highest BCUT2D eigenvalue weighted by Gasteiger charge is 2.12. The molecule has 0 spiro atoms. The van der Waals surface area contributed by atoms with E-state index in [2.05, 4.69) is 16.0 Å². The third-order valence-corrected chi connectivity index (χ3v) is 3.28. The van der Waals surface area contributed by atoms with Gasteiger partial charge in [-0.2, -0.15) is 5.26 Å². The zero-order valence-electron chi connectivity index (χ0n) is 11.9. The van der Waals surface area contributed by atoms with Crippen molar-refractivity contribution in [1.82, 2.24) is 14.4 Å². The second-order valence-electron chi connectivity index (χ2n) is 4.63. The molecule has 0 bridgehead atoms. The summed E-state index contributed by atoms with van der Waals surface area (Å²) in [5.74, 6) is 0.393. The standard InChI is InChI=1S/C16H14N4O/c1-3-21-16-13(9-17)8-14(11(2)19-16)12-4-5-15-18-6-7-20(15)10-12/h4-8,10H,3H2,1-2H3. The predicted octanol–water partition coefficient (Wildman–Crippen LogP) is 2.98. The number of nitrogens with zero attached hydrogens (tertiary/aromatic N) is 4. The van der Waals surface area contributed by atoms with Crippen molar-refractivity contribution in [3.8, 4) is 23.1 Å². The van der Waals surface area contributed by atoms with Crippen LogP contribution in [0, 0.1) is 18.3 Å². The van der Waals surface area contributed by atoms with Crippen LogP contribution in [0.2, 0.25) is 0 Å². The summed E-state index contributed by atoms with van der Waals surface area (Å²) in [5.41, 5.74) is 4.08. The molecule has 0 aliphatic heterocycles. The van der Waals surface area contributed by atoms with Gasteiger partial charge in [0.2, 0.25) is 5.88 Å². The number of hydrogen-bond acceptors (Lipinski definition) is 4. The van der Waals surface area contributed by atoms with Crippen LogP contribution in [0.3, 0.4) is 0 Å². The third-order valence-electron chi connectivity index (χ3n) is 3.28. The summed E-state index contributed by atoms with van der Waals surface area (Å²) >= 11 is 0. The molecule has 0 aromatic carbocycles.